The van der Waals surface area contributed by atoms with E-state index in [-0.39, 0.29) is 29.5 Å². The first-order chi connectivity index (χ1) is 14.3. The number of aliphatic imine (C=N–C) groups is 1. The maximum Gasteiger partial charge on any atom is 0.250 e. The van der Waals surface area contributed by atoms with Crippen LogP contribution < -0.4 is 10.9 Å². The minimum absolute atomic E-state index is 0. The number of guanidine groups is 1. The molecule has 1 aliphatic rings. The van der Waals surface area contributed by atoms with Crippen LogP contribution in [0.4, 0.5) is 0 Å². The lowest BCUT2D eigenvalue weighted by Crippen LogP contribution is -2.40. The number of unbranched alkanes of at least 4 members (excludes halogenated alkanes) is 1. The summed E-state index contributed by atoms with van der Waals surface area (Å²) in [6.45, 7) is 5.07. The second-order valence-electron chi connectivity index (χ2n) is 7.51. The number of hydrogen-bond donors (Lipinski definition) is 1. The zero-order chi connectivity index (χ0) is 20.3. The molecule has 0 saturated carbocycles. The number of pyridine rings is 1. The monoisotopic (exact) mass is 524 g/mol. The van der Waals surface area contributed by atoms with E-state index in [9.17, 15) is 4.79 Å². The second-order valence-corrected chi connectivity index (χ2v) is 7.51. The van der Waals surface area contributed by atoms with Gasteiger partial charge in [0.25, 0.3) is 0 Å². The quantitative estimate of drug-likeness (QED) is 0.237. The van der Waals surface area contributed by atoms with Crippen LogP contribution in [0.3, 0.4) is 0 Å². The van der Waals surface area contributed by atoms with Gasteiger partial charge in [-0.05, 0) is 30.9 Å². The molecule has 1 aromatic carbocycles. The highest BCUT2D eigenvalue weighted by molar-refractivity contribution is 14.0. The summed E-state index contributed by atoms with van der Waals surface area (Å²) in [5.41, 5.74) is 1.28. The first-order valence-corrected chi connectivity index (χ1v) is 10.5. The summed E-state index contributed by atoms with van der Waals surface area (Å²) in [7, 11) is 1.84. The molecule has 1 aliphatic heterocycles. The third kappa shape index (κ3) is 7.75. The van der Waals surface area contributed by atoms with E-state index in [0.29, 0.717) is 12.5 Å². The summed E-state index contributed by atoms with van der Waals surface area (Å²) in [6.07, 6.45) is 4.94. The Morgan fingerprint density at radius 3 is 2.73 bits per heavy atom. The maximum atomic E-state index is 11.7. The van der Waals surface area contributed by atoms with Gasteiger partial charge < -0.3 is 19.5 Å². The number of nitrogens with one attached hydrogen (secondary N) is 1. The molecule has 0 spiro atoms. The van der Waals surface area contributed by atoms with Crippen molar-refractivity contribution in [1.82, 2.24) is 14.8 Å². The van der Waals surface area contributed by atoms with Gasteiger partial charge >= 0.3 is 0 Å². The van der Waals surface area contributed by atoms with Crippen molar-refractivity contribution in [3.05, 3.63) is 70.6 Å². The summed E-state index contributed by atoms with van der Waals surface area (Å²) in [5, 5.41) is 3.46. The third-order valence-corrected chi connectivity index (χ3v) is 5.27. The van der Waals surface area contributed by atoms with E-state index < -0.39 is 0 Å². The first-order valence-electron chi connectivity index (χ1n) is 10.5. The maximum absolute atomic E-state index is 11.7. The molecule has 3 rings (SSSR count). The van der Waals surface area contributed by atoms with E-state index in [1.807, 2.05) is 37.5 Å². The largest absolute Gasteiger partial charge is 0.376 e. The van der Waals surface area contributed by atoms with E-state index in [2.05, 4.69) is 27.3 Å². The first kappa shape index (κ1) is 24.4. The lowest BCUT2D eigenvalue weighted by atomic mass is 10.1. The van der Waals surface area contributed by atoms with Crippen molar-refractivity contribution in [1.29, 1.82) is 0 Å². The van der Waals surface area contributed by atoms with Crippen molar-refractivity contribution in [2.24, 2.45) is 10.9 Å². The Kier molecular flexibility index (Phi) is 10.9. The Balaban J connectivity index is 0.00000320. The Hall–Kier alpha value is -1.87. The Morgan fingerprint density at radius 2 is 1.97 bits per heavy atom. The number of likely N-dealkylation sites (tertiary alicyclic amines) is 1. The van der Waals surface area contributed by atoms with Gasteiger partial charge in [-0.3, -0.25) is 9.79 Å². The number of halogens is 1. The number of rotatable bonds is 9. The van der Waals surface area contributed by atoms with Crippen LogP contribution in [0.2, 0.25) is 0 Å². The Labute approximate surface area is 196 Å². The van der Waals surface area contributed by atoms with Crippen molar-refractivity contribution in [2.45, 2.75) is 32.4 Å². The summed E-state index contributed by atoms with van der Waals surface area (Å²) in [5.74, 6) is 1.51. The molecule has 0 aliphatic carbocycles. The smallest absolute Gasteiger partial charge is 0.250 e. The predicted molar refractivity (Wildman–Crippen MR) is 132 cm³/mol. The van der Waals surface area contributed by atoms with Gasteiger partial charge in [0, 0.05) is 51.4 Å². The molecule has 1 atom stereocenters. The standard InChI is InChI=1S/C23H32N4O2.HI/c1-24-23(25-13-6-8-15-26-14-7-5-11-22(26)28)27-16-12-21(17-27)19-29-18-20-9-3-2-4-10-20;/h2-5,7,9-11,14,21H,6,8,12-13,15-19H2,1H3,(H,24,25);1H. The van der Waals surface area contributed by atoms with Crippen LogP contribution in [0.5, 0.6) is 0 Å². The van der Waals surface area contributed by atoms with Crippen LogP contribution in [0.15, 0.2) is 64.5 Å². The van der Waals surface area contributed by atoms with Crippen LogP contribution in [0.25, 0.3) is 0 Å². The van der Waals surface area contributed by atoms with Gasteiger partial charge in [0.05, 0.1) is 13.2 Å². The highest BCUT2D eigenvalue weighted by Gasteiger charge is 2.24. The van der Waals surface area contributed by atoms with Crippen LogP contribution in [0, 0.1) is 5.92 Å². The molecule has 7 heteroatoms. The molecule has 1 aromatic heterocycles. The average molecular weight is 524 g/mol. The molecule has 1 saturated heterocycles. The topological polar surface area (TPSA) is 58.9 Å². The van der Waals surface area contributed by atoms with Crippen molar-refractivity contribution >= 4 is 29.9 Å². The minimum atomic E-state index is 0. The highest BCUT2D eigenvalue weighted by Crippen LogP contribution is 2.17. The lowest BCUT2D eigenvalue weighted by Gasteiger charge is -2.21. The van der Waals surface area contributed by atoms with Gasteiger partial charge in [-0.25, -0.2) is 0 Å². The summed E-state index contributed by atoms with van der Waals surface area (Å²) < 4.78 is 7.67. The van der Waals surface area contributed by atoms with Crippen molar-refractivity contribution in [2.75, 3.05) is 33.3 Å². The van der Waals surface area contributed by atoms with Gasteiger partial charge in [0.1, 0.15) is 0 Å². The number of hydrogen-bond acceptors (Lipinski definition) is 3. The molecule has 1 fully saturated rings. The van der Waals surface area contributed by atoms with Gasteiger partial charge in [0.15, 0.2) is 5.96 Å². The predicted octanol–water partition coefficient (Wildman–Crippen LogP) is 3.36. The molecule has 2 aromatic rings. The van der Waals surface area contributed by atoms with Crippen LogP contribution >= 0.6 is 24.0 Å². The highest BCUT2D eigenvalue weighted by atomic mass is 127. The SMILES string of the molecule is CN=C(NCCCCn1ccccc1=O)N1CCC(COCc2ccccc2)C1.I. The molecule has 1 N–H and O–H groups in total. The fraction of sp³-hybridized carbons (Fsp3) is 0.478. The number of aryl methyl sites for hydroxylation is 1. The summed E-state index contributed by atoms with van der Waals surface area (Å²) >= 11 is 0. The van der Waals surface area contributed by atoms with Gasteiger partial charge in [0.2, 0.25) is 5.56 Å². The zero-order valence-electron chi connectivity index (χ0n) is 17.7. The molecular formula is C23H33IN4O2. The van der Waals surface area contributed by atoms with E-state index in [1.165, 1.54) is 5.56 Å². The molecule has 164 valence electrons. The fourth-order valence-electron chi connectivity index (χ4n) is 3.66. The number of nitrogens with zero attached hydrogens (tertiary/aromatic N) is 3. The zero-order valence-corrected chi connectivity index (χ0v) is 20.0. The molecular weight excluding hydrogens is 491 g/mol. The summed E-state index contributed by atoms with van der Waals surface area (Å²) in [4.78, 5) is 18.5. The van der Waals surface area contributed by atoms with E-state index in [0.717, 1.165) is 58.0 Å². The molecule has 6 nitrogen and oxygen atoms in total. The third-order valence-electron chi connectivity index (χ3n) is 5.27. The van der Waals surface area contributed by atoms with Crippen LogP contribution in [0.1, 0.15) is 24.8 Å². The fourth-order valence-corrected chi connectivity index (χ4v) is 3.66. The minimum Gasteiger partial charge on any atom is -0.376 e. The molecule has 2 heterocycles. The Bertz CT molecular complexity index is 825. The molecule has 1 unspecified atom stereocenters. The van der Waals surface area contributed by atoms with E-state index in [1.54, 1.807) is 16.7 Å². The Morgan fingerprint density at radius 1 is 1.17 bits per heavy atom. The second kappa shape index (κ2) is 13.4. The van der Waals surface area contributed by atoms with Crippen LogP contribution in [-0.4, -0.2) is 48.7 Å². The van der Waals surface area contributed by atoms with Crippen molar-refractivity contribution in [3.63, 3.8) is 0 Å². The molecule has 30 heavy (non-hydrogen) atoms. The summed E-state index contributed by atoms with van der Waals surface area (Å²) in [6, 6.07) is 15.6. The lowest BCUT2D eigenvalue weighted by molar-refractivity contribution is 0.0907. The van der Waals surface area contributed by atoms with Gasteiger partial charge in [-0.2, -0.15) is 0 Å². The average Bonchev–Trinajstić information content (AvgIpc) is 3.21. The molecule has 0 bridgehead atoms. The molecule has 0 radical (unpaired) electrons. The normalized spacial score (nSPS) is 16.4. The molecule has 0 amide bonds. The number of ether oxygens (including phenoxy) is 1. The van der Waals surface area contributed by atoms with Crippen molar-refractivity contribution in [3.8, 4) is 0 Å². The van der Waals surface area contributed by atoms with Gasteiger partial charge in [-0.1, -0.05) is 36.4 Å². The number of aromatic nitrogens is 1. The van der Waals surface area contributed by atoms with E-state index in [4.69, 9.17) is 4.74 Å². The van der Waals surface area contributed by atoms with Gasteiger partial charge in [-0.15, -0.1) is 24.0 Å². The van der Waals surface area contributed by atoms with Crippen LogP contribution in [-0.2, 0) is 17.9 Å². The van der Waals surface area contributed by atoms with E-state index >= 15 is 0 Å². The number of benzene rings is 1. The van der Waals surface area contributed by atoms with Crippen molar-refractivity contribution < 1.29 is 4.74 Å².